The molecule has 0 aliphatic heterocycles. The number of carbonyl (C=O) groups is 2. The number of nitrogens with one attached hydrogen (secondary N) is 1. The number of hydrogen-bond donors (Lipinski definition) is 1. The van der Waals surface area contributed by atoms with Crippen LogP contribution in [-0.4, -0.2) is 17.4 Å². The van der Waals surface area contributed by atoms with Crippen molar-refractivity contribution < 1.29 is 9.59 Å². The molecule has 0 spiro atoms. The molecule has 0 bridgehead atoms. The van der Waals surface area contributed by atoms with Crippen molar-refractivity contribution in [3.8, 4) is 0 Å². The number of Topliss-reactive ketones (excluding diaryl/α,β-unsaturated/α-hetero) is 1. The summed E-state index contributed by atoms with van der Waals surface area (Å²) in [6.07, 6.45) is 0. The summed E-state index contributed by atoms with van der Waals surface area (Å²) in [5, 5.41) is 2.84. The third-order valence-electron chi connectivity index (χ3n) is 4.20. The van der Waals surface area contributed by atoms with E-state index in [0.29, 0.717) is 22.6 Å². The number of thioether (sulfide) groups is 1. The van der Waals surface area contributed by atoms with E-state index in [-0.39, 0.29) is 11.7 Å². The van der Waals surface area contributed by atoms with Gasteiger partial charge in [-0.3, -0.25) is 9.59 Å². The van der Waals surface area contributed by atoms with Gasteiger partial charge in [-0.2, -0.15) is 0 Å². The maximum absolute atomic E-state index is 12.5. The predicted octanol–water partition coefficient (Wildman–Crippen LogP) is 5.53. The second-order valence-corrected chi connectivity index (χ2v) is 7.40. The SMILES string of the molecule is Cc1ccc(C)c(SCC(=O)c2ccc(NC(=O)c3ccccc3)cc2)c1. The molecule has 0 saturated heterocycles. The van der Waals surface area contributed by atoms with Crippen molar-refractivity contribution in [2.75, 3.05) is 11.1 Å². The molecule has 0 aromatic heterocycles. The second kappa shape index (κ2) is 8.69. The number of carbonyl (C=O) groups excluding carboxylic acids is 2. The zero-order valence-electron chi connectivity index (χ0n) is 15.4. The van der Waals surface area contributed by atoms with Crippen LogP contribution in [0.4, 0.5) is 5.69 Å². The van der Waals surface area contributed by atoms with Crippen LogP contribution in [0.1, 0.15) is 31.8 Å². The van der Waals surface area contributed by atoms with Crippen LogP contribution >= 0.6 is 11.8 Å². The topological polar surface area (TPSA) is 46.2 Å². The van der Waals surface area contributed by atoms with Gasteiger partial charge in [-0.25, -0.2) is 0 Å². The van der Waals surface area contributed by atoms with Crippen molar-refractivity contribution in [3.63, 3.8) is 0 Å². The quantitative estimate of drug-likeness (QED) is 0.455. The lowest BCUT2D eigenvalue weighted by molar-refractivity contribution is 0.101. The van der Waals surface area contributed by atoms with E-state index in [2.05, 4.69) is 30.4 Å². The highest BCUT2D eigenvalue weighted by Crippen LogP contribution is 2.24. The smallest absolute Gasteiger partial charge is 0.255 e. The van der Waals surface area contributed by atoms with Gasteiger partial charge < -0.3 is 5.32 Å². The van der Waals surface area contributed by atoms with Crippen LogP contribution in [0, 0.1) is 13.8 Å². The van der Waals surface area contributed by atoms with E-state index < -0.39 is 0 Å². The van der Waals surface area contributed by atoms with E-state index in [0.717, 1.165) is 4.90 Å². The Morgan fingerprint density at radius 3 is 2.26 bits per heavy atom. The Hall–Kier alpha value is -2.85. The van der Waals surface area contributed by atoms with Gasteiger partial charge in [0.1, 0.15) is 0 Å². The highest BCUT2D eigenvalue weighted by atomic mass is 32.2. The van der Waals surface area contributed by atoms with Crippen LogP contribution < -0.4 is 5.32 Å². The number of rotatable bonds is 6. The van der Waals surface area contributed by atoms with Gasteiger partial charge in [0, 0.05) is 21.7 Å². The Kier molecular flexibility index (Phi) is 6.09. The summed E-state index contributed by atoms with van der Waals surface area (Å²) in [6.45, 7) is 4.10. The number of hydrogen-bond acceptors (Lipinski definition) is 3. The molecule has 1 N–H and O–H groups in total. The minimum absolute atomic E-state index is 0.0712. The van der Waals surface area contributed by atoms with Crippen molar-refractivity contribution in [3.05, 3.63) is 95.1 Å². The standard InChI is InChI=1S/C23H21NO2S/c1-16-8-9-17(2)22(14-16)27-15-21(25)18-10-12-20(13-11-18)24-23(26)19-6-4-3-5-7-19/h3-14H,15H2,1-2H3,(H,24,26). The monoisotopic (exact) mass is 375 g/mol. The number of aryl methyl sites for hydroxylation is 2. The molecular weight excluding hydrogens is 354 g/mol. The third kappa shape index (κ3) is 5.08. The van der Waals surface area contributed by atoms with E-state index in [4.69, 9.17) is 0 Å². The fraction of sp³-hybridized carbons (Fsp3) is 0.130. The summed E-state index contributed by atoms with van der Waals surface area (Å²) in [6, 6.07) is 22.3. The van der Waals surface area contributed by atoms with Crippen LogP contribution in [0.2, 0.25) is 0 Å². The van der Waals surface area contributed by atoms with Gasteiger partial charge in [-0.1, -0.05) is 35.9 Å². The first kappa shape index (κ1) is 18.9. The van der Waals surface area contributed by atoms with Gasteiger partial charge in [0.05, 0.1) is 5.75 Å². The van der Waals surface area contributed by atoms with Gasteiger partial charge in [0.15, 0.2) is 5.78 Å². The van der Waals surface area contributed by atoms with E-state index in [1.165, 1.54) is 11.1 Å². The van der Waals surface area contributed by atoms with E-state index in [1.54, 1.807) is 48.2 Å². The van der Waals surface area contributed by atoms with Gasteiger partial charge in [0.25, 0.3) is 5.91 Å². The molecule has 0 radical (unpaired) electrons. The fourth-order valence-electron chi connectivity index (χ4n) is 2.62. The van der Waals surface area contributed by atoms with Crippen molar-refractivity contribution in [2.45, 2.75) is 18.7 Å². The third-order valence-corrected chi connectivity index (χ3v) is 5.36. The number of benzene rings is 3. The second-order valence-electron chi connectivity index (χ2n) is 6.38. The zero-order chi connectivity index (χ0) is 19.2. The first-order valence-corrected chi connectivity index (χ1v) is 9.71. The molecule has 0 fully saturated rings. The molecule has 3 aromatic rings. The molecule has 0 heterocycles. The van der Waals surface area contributed by atoms with E-state index >= 15 is 0 Å². The molecular formula is C23H21NO2S. The Morgan fingerprint density at radius 2 is 1.56 bits per heavy atom. The van der Waals surface area contributed by atoms with Gasteiger partial charge in [-0.15, -0.1) is 11.8 Å². The lowest BCUT2D eigenvalue weighted by Gasteiger charge is -2.08. The highest BCUT2D eigenvalue weighted by molar-refractivity contribution is 8.00. The molecule has 3 rings (SSSR count). The summed E-state index contributed by atoms with van der Waals surface area (Å²) in [5.74, 6) is 0.294. The Morgan fingerprint density at radius 1 is 0.852 bits per heavy atom. The molecule has 0 atom stereocenters. The fourth-order valence-corrected chi connectivity index (χ4v) is 3.64. The maximum Gasteiger partial charge on any atom is 0.255 e. The molecule has 136 valence electrons. The average molecular weight is 375 g/mol. The Labute approximate surface area is 163 Å². The minimum atomic E-state index is -0.167. The van der Waals surface area contributed by atoms with Gasteiger partial charge >= 0.3 is 0 Å². The van der Waals surface area contributed by atoms with E-state index in [1.807, 2.05) is 25.1 Å². The number of anilines is 1. The number of amides is 1. The predicted molar refractivity (Wildman–Crippen MR) is 112 cm³/mol. The van der Waals surface area contributed by atoms with Crippen molar-refractivity contribution in [1.82, 2.24) is 0 Å². The minimum Gasteiger partial charge on any atom is -0.322 e. The molecule has 0 aliphatic rings. The first-order chi connectivity index (χ1) is 13.0. The Balaban J connectivity index is 1.60. The maximum atomic E-state index is 12.5. The summed E-state index contributed by atoms with van der Waals surface area (Å²) >= 11 is 1.56. The van der Waals surface area contributed by atoms with E-state index in [9.17, 15) is 9.59 Å². The van der Waals surface area contributed by atoms with Crippen LogP contribution in [0.3, 0.4) is 0 Å². The highest BCUT2D eigenvalue weighted by Gasteiger charge is 2.10. The summed E-state index contributed by atoms with van der Waals surface area (Å²) in [4.78, 5) is 25.8. The van der Waals surface area contributed by atoms with Crippen LogP contribution in [0.15, 0.2) is 77.7 Å². The molecule has 0 saturated carbocycles. The van der Waals surface area contributed by atoms with Crippen LogP contribution in [0.25, 0.3) is 0 Å². The summed E-state index contributed by atoms with van der Waals surface area (Å²) in [5.41, 5.74) is 4.28. The van der Waals surface area contributed by atoms with Gasteiger partial charge in [-0.05, 0) is 61.9 Å². The molecule has 27 heavy (non-hydrogen) atoms. The van der Waals surface area contributed by atoms with Crippen LogP contribution in [-0.2, 0) is 0 Å². The van der Waals surface area contributed by atoms with Crippen molar-refractivity contribution in [1.29, 1.82) is 0 Å². The van der Waals surface area contributed by atoms with Crippen molar-refractivity contribution >= 4 is 29.1 Å². The molecule has 3 nitrogen and oxygen atoms in total. The number of ketones is 1. The molecule has 4 heteroatoms. The van der Waals surface area contributed by atoms with Gasteiger partial charge in [0.2, 0.25) is 0 Å². The zero-order valence-corrected chi connectivity index (χ0v) is 16.2. The first-order valence-electron chi connectivity index (χ1n) is 8.72. The average Bonchev–Trinajstić information content (AvgIpc) is 2.69. The summed E-state index contributed by atoms with van der Waals surface area (Å²) < 4.78 is 0. The largest absolute Gasteiger partial charge is 0.322 e. The molecule has 1 amide bonds. The lowest BCUT2D eigenvalue weighted by Crippen LogP contribution is -2.11. The molecule has 0 aliphatic carbocycles. The molecule has 0 unspecified atom stereocenters. The normalized spacial score (nSPS) is 10.4. The lowest BCUT2D eigenvalue weighted by atomic mass is 10.1. The molecule has 3 aromatic carbocycles. The Bertz CT molecular complexity index is 950. The van der Waals surface area contributed by atoms with Crippen LogP contribution in [0.5, 0.6) is 0 Å². The van der Waals surface area contributed by atoms with Crippen molar-refractivity contribution in [2.24, 2.45) is 0 Å². The summed E-state index contributed by atoms with van der Waals surface area (Å²) in [7, 11) is 0.